The van der Waals surface area contributed by atoms with E-state index in [1.54, 1.807) is 12.1 Å². The van der Waals surface area contributed by atoms with Crippen LogP contribution in [-0.2, 0) is 4.79 Å². The third-order valence-electron chi connectivity index (χ3n) is 1.30. The van der Waals surface area contributed by atoms with Gasteiger partial charge in [-0.3, -0.25) is 0 Å². The van der Waals surface area contributed by atoms with E-state index in [2.05, 4.69) is 11.8 Å². The summed E-state index contributed by atoms with van der Waals surface area (Å²) in [6, 6.07) is 7.26. The van der Waals surface area contributed by atoms with Crippen LogP contribution >= 0.6 is 0 Å². The van der Waals surface area contributed by atoms with Gasteiger partial charge in [-0.2, -0.15) is 0 Å². The zero-order valence-electron chi connectivity index (χ0n) is 6.58. The average Bonchev–Trinajstić information content (AvgIpc) is 2.05. The first-order chi connectivity index (χ1) is 5.83. The van der Waals surface area contributed by atoms with Crippen molar-refractivity contribution in [3.8, 4) is 11.8 Å². The lowest BCUT2D eigenvalue weighted by atomic mass is 10.2. The molecule has 2 heteroatoms. The fourth-order valence-corrected chi connectivity index (χ4v) is 0.811. The minimum atomic E-state index is 0.273. The predicted octanol–water partition coefficient (Wildman–Crippen LogP) is 1.21. The Balaban J connectivity index is 2.77. The molecular formula is C10H9NO. The Hall–Kier alpha value is -1.75. The number of hydrogen-bond acceptors (Lipinski definition) is 2. The van der Waals surface area contributed by atoms with Gasteiger partial charge in [0, 0.05) is 11.3 Å². The second kappa shape index (κ2) is 4.20. The van der Waals surface area contributed by atoms with Crippen LogP contribution in [0.25, 0.3) is 0 Å². The quantitative estimate of drug-likeness (QED) is 0.380. The van der Waals surface area contributed by atoms with Crippen molar-refractivity contribution in [2.24, 2.45) is 0 Å². The Kier molecular flexibility index (Phi) is 2.92. The first kappa shape index (κ1) is 8.35. The van der Waals surface area contributed by atoms with Crippen molar-refractivity contribution in [2.45, 2.75) is 6.42 Å². The predicted molar refractivity (Wildman–Crippen MR) is 48.4 cm³/mol. The second-order valence-corrected chi connectivity index (χ2v) is 2.30. The van der Waals surface area contributed by atoms with Crippen molar-refractivity contribution in [1.29, 1.82) is 0 Å². The monoisotopic (exact) mass is 159 g/mol. The van der Waals surface area contributed by atoms with Gasteiger partial charge in [0.2, 0.25) is 0 Å². The molecule has 0 atom stereocenters. The van der Waals surface area contributed by atoms with Gasteiger partial charge in [0.25, 0.3) is 0 Å². The average molecular weight is 159 g/mol. The van der Waals surface area contributed by atoms with E-state index in [4.69, 9.17) is 5.73 Å². The number of hydrogen-bond donors (Lipinski definition) is 1. The molecule has 0 aromatic heterocycles. The molecule has 1 aromatic rings. The molecule has 0 aliphatic carbocycles. The molecule has 0 unspecified atom stereocenters. The Labute approximate surface area is 71.4 Å². The zero-order valence-corrected chi connectivity index (χ0v) is 6.58. The van der Waals surface area contributed by atoms with Crippen LogP contribution in [0.15, 0.2) is 24.3 Å². The molecule has 0 radical (unpaired) electrons. The molecule has 0 amide bonds. The standard InChI is InChI=1S/C10H9NO/c11-10-6-3-5-9(8-10)4-1-2-7-12/h3,5-8H,2,11H2. The molecule has 0 aliphatic rings. The molecule has 0 fully saturated rings. The molecule has 0 saturated carbocycles. The number of benzene rings is 1. The van der Waals surface area contributed by atoms with Crippen LogP contribution < -0.4 is 5.73 Å². The molecule has 0 heterocycles. The molecule has 2 nitrogen and oxygen atoms in total. The van der Waals surface area contributed by atoms with Crippen molar-refractivity contribution < 1.29 is 4.79 Å². The van der Waals surface area contributed by atoms with Crippen LogP contribution in [0.2, 0.25) is 0 Å². The second-order valence-electron chi connectivity index (χ2n) is 2.30. The summed E-state index contributed by atoms with van der Waals surface area (Å²) >= 11 is 0. The van der Waals surface area contributed by atoms with Crippen LogP contribution in [0.5, 0.6) is 0 Å². The van der Waals surface area contributed by atoms with Gasteiger partial charge >= 0.3 is 0 Å². The molecule has 0 aliphatic heterocycles. The summed E-state index contributed by atoms with van der Waals surface area (Å²) in [5, 5.41) is 0. The van der Waals surface area contributed by atoms with Gasteiger partial charge in [0.1, 0.15) is 6.29 Å². The molecule has 1 rings (SSSR count). The molecule has 60 valence electrons. The van der Waals surface area contributed by atoms with Gasteiger partial charge in [-0.1, -0.05) is 17.9 Å². The Morgan fingerprint density at radius 1 is 1.50 bits per heavy atom. The summed E-state index contributed by atoms with van der Waals surface area (Å²) in [4.78, 5) is 9.93. The Morgan fingerprint density at radius 3 is 3.00 bits per heavy atom. The normalized spacial score (nSPS) is 8.33. The smallest absolute Gasteiger partial charge is 0.131 e. The van der Waals surface area contributed by atoms with E-state index in [1.807, 2.05) is 12.1 Å². The molecular weight excluding hydrogens is 150 g/mol. The van der Waals surface area contributed by atoms with Crippen molar-refractivity contribution in [2.75, 3.05) is 5.73 Å². The maximum atomic E-state index is 9.93. The maximum Gasteiger partial charge on any atom is 0.131 e. The lowest BCUT2D eigenvalue weighted by Crippen LogP contribution is -1.84. The van der Waals surface area contributed by atoms with E-state index in [-0.39, 0.29) is 6.42 Å². The minimum absolute atomic E-state index is 0.273. The fourth-order valence-electron chi connectivity index (χ4n) is 0.811. The highest BCUT2D eigenvalue weighted by Crippen LogP contribution is 2.04. The number of rotatable bonds is 1. The summed E-state index contributed by atoms with van der Waals surface area (Å²) in [6.45, 7) is 0. The van der Waals surface area contributed by atoms with Crippen LogP contribution in [0.3, 0.4) is 0 Å². The summed E-state index contributed by atoms with van der Waals surface area (Å²) < 4.78 is 0. The maximum absolute atomic E-state index is 9.93. The lowest BCUT2D eigenvalue weighted by Gasteiger charge is -1.91. The summed E-state index contributed by atoms with van der Waals surface area (Å²) in [5.74, 6) is 5.53. The molecule has 0 spiro atoms. The summed E-state index contributed by atoms with van der Waals surface area (Å²) in [6.07, 6.45) is 1.05. The first-order valence-corrected chi connectivity index (χ1v) is 3.61. The van der Waals surface area contributed by atoms with Gasteiger partial charge in [0.05, 0.1) is 6.42 Å². The number of carbonyl (C=O) groups excluding carboxylic acids is 1. The third-order valence-corrected chi connectivity index (χ3v) is 1.30. The zero-order chi connectivity index (χ0) is 8.81. The topological polar surface area (TPSA) is 43.1 Å². The molecule has 2 N–H and O–H groups in total. The summed E-state index contributed by atoms with van der Waals surface area (Å²) in [7, 11) is 0. The van der Waals surface area contributed by atoms with Crippen molar-refractivity contribution in [1.82, 2.24) is 0 Å². The number of anilines is 1. The van der Waals surface area contributed by atoms with E-state index < -0.39 is 0 Å². The van der Waals surface area contributed by atoms with Gasteiger partial charge < -0.3 is 10.5 Å². The molecule has 1 aromatic carbocycles. The van der Waals surface area contributed by atoms with Crippen molar-refractivity contribution >= 4 is 12.0 Å². The SMILES string of the molecule is Nc1cccc(C#CCC=O)c1. The molecule has 0 bridgehead atoms. The van der Waals surface area contributed by atoms with E-state index in [0.29, 0.717) is 5.69 Å². The van der Waals surface area contributed by atoms with E-state index in [9.17, 15) is 4.79 Å². The first-order valence-electron chi connectivity index (χ1n) is 3.61. The van der Waals surface area contributed by atoms with Gasteiger partial charge in [-0.05, 0) is 18.2 Å². The number of nitrogen functional groups attached to an aromatic ring is 1. The van der Waals surface area contributed by atoms with Crippen molar-refractivity contribution in [3.63, 3.8) is 0 Å². The Bertz CT molecular complexity index is 333. The highest BCUT2D eigenvalue weighted by atomic mass is 16.1. The Morgan fingerprint density at radius 2 is 2.33 bits per heavy atom. The summed E-state index contributed by atoms with van der Waals surface area (Å²) in [5.41, 5.74) is 7.06. The number of aldehydes is 1. The minimum Gasteiger partial charge on any atom is -0.399 e. The van der Waals surface area contributed by atoms with E-state index >= 15 is 0 Å². The van der Waals surface area contributed by atoms with Gasteiger partial charge in [-0.15, -0.1) is 0 Å². The van der Waals surface area contributed by atoms with Crippen LogP contribution in [-0.4, -0.2) is 6.29 Å². The van der Waals surface area contributed by atoms with Crippen LogP contribution in [0.4, 0.5) is 5.69 Å². The van der Waals surface area contributed by atoms with Crippen LogP contribution in [0.1, 0.15) is 12.0 Å². The van der Waals surface area contributed by atoms with E-state index in [1.165, 1.54) is 0 Å². The molecule has 12 heavy (non-hydrogen) atoms. The highest BCUT2D eigenvalue weighted by Gasteiger charge is 1.85. The molecule has 0 saturated heterocycles. The van der Waals surface area contributed by atoms with Gasteiger partial charge in [0.15, 0.2) is 0 Å². The van der Waals surface area contributed by atoms with Crippen molar-refractivity contribution in [3.05, 3.63) is 29.8 Å². The van der Waals surface area contributed by atoms with Crippen LogP contribution in [0, 0.1) is 11.8 Å². The highest BCUT2D eigenvalue weighted by molar-refractivity contribution is 5.55. The fraction of sp³-hybridized carbons (Fsp3) is 0.100. The number of carbonyl (C=O) groups is 1. The number of nitrogens with two attached hydrogens (primary N) is 1. The van der Waals surface area contributed by atoms with Gasteiger partial charge in [-0.25, -0.2) is 0 Å². The third kappa shape index (κ3) is 2.47. The largest absolute Gasteiger partial charge is 0.399 e. The lowest BCUT2D eigenvalue weighted by molar-refractivity contribution is -0.107. The van der Waals surface area contributed by atoms with E-state index in [0.717, 1.165) is 11.8 Å².